The number of aliphatic hydroxyl groups is 1. The van der Waals surface area contributed by atoms with Crippen LogP contribution < -0.4 is 0 Å². The van der Waals surface area contributed by atoms with Crippen LogP contribution in [-0.4, -0.2) is 23.4 Å². The number of aliphatic hydroxyl groups excluding tert-OH is 1. The lowest BCUT2D eigenvalue weighted by Crippen LogP contribution is -2.32. The molecule has 4 unspecified atom stereocenters. The Morgan fingerprint density at radius 2 is 1.75 bits per heavy atom. The van der Waals surface area contributed by atoms with E-state index in [1.165, 1.54) is 0 Å². The van der Waals surface area contributed by atoms with E-state index in [4.69, 9.17) is 10.00 Å². The fraction of sp³-hybridized carbons (Fsp3) is 0.923. The van der Waals surface area contributed by atoms with Crippen molar-refractivity contribution in [1.29, 1.82) is 5.26 Å². The van der Waals surface area contributed by atoms with E-state index in [9.17, 15) is 5.11 Å². The fourth-order valence-electron chi connectivity index (χ4n) is 3.68. The largest absolute Gasteiger partial charge is 0.393 e. The molecule has 0 aromatic carbocycles. The van der Waals surface area contributed by atoms with Gasteiger partial charge < -0.3 is 9.84 Å². The van der Waals surface area contributed by atoms with Gasteiger partial charge in [0.2, 0.25) is 0 Å². The molecule has 0 radical (unpaired) electrons. The first-order chi connectivity index (χ1) is 7.79. The summed E-state index contributed by atoms with van der Waals surface area (Å²) in [7, 11) is 0. The van der Waals surface area contributed by atoms with Gasteiger partial charge in [0.05, 0.1) is 24.2 Å². The van der Waals surface area contributed by atoms with E-state index in [0.29, 0.717) is 12.0 Å². The van der Waals surface area contributed by atoms with Gasteiger partial charge in [0.1, 0.15) is 6.10 Å². The van der Waals surface area contributed by atoms with Crippen LogP contribution in [0.1, 0.15) is 38.5 Å². The maximum absolute atomic E-state index is 9.51. The standard InChI is InChI=1S/C13H19NO2/c14-7-9-3-6-11(13-12(9)16-13)8-1-4-10(15)5-2-8/h8-13,15H,1-6H2. The normalized spacial score (nSPS) is 51.5. The minimum Gasteiger partial charge on any atom is -0.393 e. The molecule has 4 atom stereocenters. The van der Waals surface area contributed by atoms with Crippen molar-refractivity contribution in [2.45, 2.75) is 56.8 Å². The number of epoxide rings is 1. The van der Waals surface area contributed by atoms with Gasteiger partial charge in [-0.1, -0.05) is 0 Å². The molecule has 0 bridgehead atoms. The smallest absolute Gasteiger partial charge is 0.100 e. The van der Waals surface area contributed by atoms with Gasteiger partial charge in [-0.2, -0.15) is 5.26 Å². The summed E-state index contributed by atoms with van der Waals surface area (Å²) in [5.41, 5.74) is 0. The lowest BCUT2D eigenvalue weighted by Gasteiger charge is -2.33. The molecular weight excluding hydrogens is 202 g/mol. The van der Waals surface area contributed by atoms with Gasteiger partial charge in [0.25, 0.3) is 0 Å². The quantitative estimate of drug-likeness (QED) is 0.687. The molecule has 2 aliphatic carbocycles. The molecule has 3 nitrogen and oxygen atoms in total. The van der Waals surface area contributed by atoms with Crippen LogP contribution in [0.5, 0.6) is 0 Å². The Morgan fingerprint density at radius 3 is 2.44 bits per heavy atom. The van der Waals surface area contributed by atoms with Crippen molar-refractivity contribution >= 4 is 0 Å². The van der Waals surface area contributed by atoms with Crippen molar-refractivity contribution in [3.63, 3.8) is 0 Å². The van der Waals surface area contributed by atoms with Crippen LogP contribution in [0.4, 0.5) is 0 Å². The molecule has 0 spiro atoms. The van der Waals surface area contributed by atoms with Crippen LogP contribution >= 0.6 is 0 Å². The fourth-order valence-corrected chi connectivity index (χ4v) is 3.68. The van der Waals surface area contributed by atoms with Gasteiger partial charge in [-0.3, -0.25) is 0 Å². The van der Waals surface area contributed by atoms with E-state index in [1.54, 1.807) is 0 Å². The van der Waals surface area contributed by atoms with Crippen molar-refractivity contribution < 1.29 is 9.84 Å². The predicted molar refractivity (Wildman–Crippen MR) is 58.5 cm³/mol. The van der Waals surface area contributed by atoms with Gasteiger partial charge in [-0.25, -0.2) is 0 Å². The van der Waals surface area contributed by atoms with Crippen molar-refractivity contribution in [3.8, 4) is 6.07 Å². The third-order valence-corrected chi connectivity index (χ3v) is 4.70. The lowest BCUT2D eigenvalue weighted by atomic mass is 9.71. The number of fused-ring (bicyclic) bond motifs is 1. The van der Waals surface area contributed by atoms with Gasteiger partial charge >= 0.3 is 0 Å². The zero-order chi connectivity index (χ0) is 11.1. The first-order valence-corrected chi connectivity index (χ1v) is 6.52. The zero-order valence-electron chi connectivity index (χ0n) is 9.51. The Morgan fingerprint density at radius 1 is 1.00 bits per heavy atom. The van der Waals surface area contributed by atoms with E-state index in [2.05, 4.69) is 6.07 Å². The summed E-state index contributed by atoms with van der Waals surface area (Å²) in [6.45, 7) is 0. The Hall–Kier alpha value is -0.590. The summed E-state index contributed by atoms with van der Waals surface area (Å²) in [5.74, 6) is 1.55. The lowest BCUT2D eigenvalue weighted by molar-refractivity contribution is 0.0799. The Bertz CT molecular complexity index is 304. The molecule has 2 saturated carbocycles. The van der Waals surface area contributed by atoms with Crippen LogP contribution in [0.2, 0.25) is 0 Å². The minimum absolute atomic E-state index is 0.0670. The molecule has 0 aromatic heterocycles. The van der Waals surface area contributed by atoms with E-state index >= 15 is 0 Å². The third-order valence-electron chi connectivity index (χ3n) is 4.70. The Kier molecular flexibility index (Phi) is 2.65. The highest BCUT2D eigenvalue weighted by Gasteiger charge is 2.54. The van der Waals surface area contributed by atoms with E-state index < -0.39 is 0 Å². The molecule has 1 saturated heterocycles. The number of ether oxygens (including phenoxy) is 1. The molecule has 3 aliphatic rings. The summed E-state index contributed by atoms with van der Waals surface area (Å²) in [5, 5.41) is 18.5. The second kappa shape index (κ2) is 4.01. The highest BCUT2D eigenvalue weighted by atomic mass is 16.6. The van der Waals surface area contributed by atoms with Crippen molar-refractivity contribution in [2.24, 2.45) is 17.8 Å². The average Bonchev–Trinajstić information content (AvgIpc) is 3.09. The first-order valence-electron chi connectivity index (χ1n) is 6.52. The van der Waals surface area contributed by atoms with Gasteiger partial charge in [0.15, 0.2) is 0 Å². The molecule has 3 rings (SSSR count). The SMILES string of the molecule is N#CC1CCC(C2CCC(O)CC2)C2OC12. The molecular formula is C13H19NO2. The van der Waals surface area contributed by atoms with Crippen LogP contribution in [0.25, 0.3) is 0 Å². The van der Waals surface area contributed by atoms with Gasteiger partial charge in [-0.15, -0.1) is 0 Å². The number of nitriles is 1. The highest BCUT2D eigenvalue weighted by molar-refractivity contribution is 5.07. The van der Waals surface area contributed by atoms with Gasteiger partial charge in [-0.05, 0) is 50.4 Å². The summed E-state index contributed by atoms with van der Waals surface area (Å²) in [4.78, 5) is 0. The Labute approximate surface area is 96.4 Å². The van der Waals surface area contributed by atoms with E-state index in [-0.39, 0.29) is 18.1 Å². The number of nitrogens with zero attached hydrogens (tertiary/aromatic N) is 1. The van der Waals surface area contributed by atoms with Crippen LogP contribution in [0.3, 0.4) is 0 Å². The number of hydrogen-bond acceptors (Lipinski definition) is 3. The molecule has 1 heterocycles. The van der Waals surface area contributed by atoms with E-state index in [0.717, 1.165) is 44.4 Å². The second-order valence-corrected chi connectivity index (χ2v) is 5.61. The van der Waals surface area contributed by atoms with Crippen LogP contribution in [-0.2, 0) is 4.74 Å². The number of rotatable bonds is 1. The highest BCUT2D eigenvalue weighted by Crippen LogP contribution is 2.49. The summed E-state index contributed by atoms with van der Waals surface area (Å²) in [6.07, 6.45) is 6.93. The van der Waals surface area contributed by atoms with Crippen molar-refractivity contribution in [1.82, 2.24) is 0 Å². The number of hydrogen-bond donors (Lipinski definition) is 1. The predicted octanol–water partition coefficient (Wildman–Crippen LogP) is 1.85. The molecule has 16 heavy (non-hydrogen) atoms. The maximum Gasteiger partial charge on any atom is 0.100 e. The molecule has 1 aliphatic heterocycles. The van der Waals surface area contributed by atoms with Crippen molar-refractivity contribution in [3.05, 3.63) is 0 Å². The second-order valence-electron chi connectivity index (χ2n) is 5.61. The average molecular weight is 221 g/mol. The monoisotopic (exact) mass is 221 g/mol. The molecule has 88 valence electrons. The first kappa shape index (κ1) is 10.6. The zero-order valence-corrected chi connectivity index (χ0v) is 9.51. The summed E-state index contributed by atoms with van der Waals surface area (Å²) < 4.78 is 5.69. The molecule has 0 amide bonds. The summed E-state index contributed by atoms with van der Waals surface area (Å²) >= 11 is 0. The molecule has 1 N–H and O–H groups in total. The van der Waals surface area contributed by atoms with Gasteiger partial charge in [0, 0.05) is 0 Å². The third kappa shape index (κ3) is 1.74. The molecule has 3 fully saturated rings. The minimum atomic E-state index is -0.0670. The summed E-state index contributed by atoms with van der Waals surface area (Å²) in [6, 6.07) is 2.36. The maximum atomic E-state index is 9.51. The Balaban J connectivity index is 1.60. The van der Waals surface area contributed by atoms with Crippen LogP contribution in [0.15, 0.2) is 0 Å². The van der Waals surface area contributed by atoms with Crippen LogP contribution in [0, 0.1) is 29.1 Å². The topological polar surface area (TPSA) is 56.5 Å². The molecule has 3 heteroatoms. The van der Waals surface area contributed by atoms with Crippen molar-refractivity contribution in [2.75, 3.05) is 0 Å². The van der Waals surface area contributed by atoms with E-state index in [1.807, 2.05) is 0 Å². The molecule has 0 aromatic rings.